The highest BCUT2D eigenvalue weighted by molar-refractivity contribution is 5.74. The van der Waals surface area contributed by atoms with Crippen molar-refractivity contribution in [1.82, 2.24) is 4.98 Å². The molecular formula is C6H5NO3. The Morgan fingerprint density at radius 3 is 2.70 bits per heavy atom. The maximum absolute atomic E-state index is 10.7. The molecule has 0 spiro atoms. The van der Waals surface area contributed by atoms with Crippen LogP contribution < -0.4 is 5.43 Å². The standard InChI is InChI=1S/C6H5NO3/c8-3-4-1-7-2-5(9)6(4)10/h1-3,9H,(H,7,10). The second-order valence-corrected chi connectivity index (χ2v) is 1.74. The van der Waals surface area contributed by atoms with E-state index in [-0.39, 0.29) is 5.56 Å². The summed E-state index contributed by atoms with van der Waals surface area (Å²) in [5.74, 6) is -0.440. The topological polar surface area (TPSA) is 70.2 Å². The number of pyridine rings is 1. The van der Waals surface area contributed by atoms with E-state index in [0.717, 1.165) is 6.20 Å². The van der Waals surface area contributed by atoms with Gasteiger partial charge in [0.25, 0.3) is 0 Å². The van der Waals surface area contributed by atoms with Crippen LogP contribution in [0.2, 0.25) is 0 Å². The van der Waals surface area contributed by atoms with Gasteiger partial charge in [0.05, 0.1) is 5.56 Å². The first-order valence-electron chi connectivity index (χ1n) is 2.61. The number of aromatic nitrogens is 1. The second-order valence-electron chi connectivity index (χ2n) is 1.74. The van der Waals surface area contributed by atoms with Gasteiger partial charge in [-0.15, -0.1) is 0 Å². The predicted octanol–water partition coefficient (Wildman–Crippen LogP) is -0.107. The SMILES string of the molecule is O=Cc1c[nH]cc(O)c1=O. The first kappa shape index (κ1) is 6.54. The second kappa shape index (κ2) is 2.34. The third-order valence-corrected chi connectivity index (χ3v) is 1.08. The molecule has 0 saturated carbocycles. The van der Waals surface area contributed by atoms with Crippen LogP contribution in [0.25, 0.3) is 0 Å². The molecular weight excluding hydrogens is 134 g/mol. The molecule has 0 aliphatic carbocycles. The summed E-state index contributed by atoms with van der Waals surface area (Å²) in [7, 11) is 0. The quantitative estimate of drug-likeness (QED) is 0.533. The lowest BCUT2D eigenvalue weighted by molar-refractivity contribution is 0.112. The van der Waals surface area contributed by atoms with Crippen LogP contribution in [0.1, 0.15) is 10.4 Å². The zero-order valence-corrected chi connectivity index (χ0v) is 5.00. The van der Waals surface area contributed by atoms with Crippen LogP contribution in [0.5, 0.6) is 5.75 Å². The van der Waals surface area contributed by atoms with Crippen molar-refractivity contribution in [3.63, 3.8) is 0 Å². The zero-order valence-electron chi connectivity index (χ0n) is 5.00. The Bertz CT molecular complexity index is 302. The minimum absolute atomic E-state index is 0.0694. The summed E-state index contributed by atoms with van der Waals surface area (Å²) in [4.78, 5) is 23.2. The number of carbonyl (C=O) groups excluding carboxylic acids is 1. The number of nitrogens with one attached hydrogen (secondary N) is 1. The van der Waals surface area contributed by atoms with E-state index in [2.05, 4.69) is 4.98 Å². The zero-order chi connectivity index (χ0) is 7.56. The van der Waals surface area contributed by atoms with Crippen molar-refractivity contribution in [3.05, 3.63) is 28.2 Å². The maximum Gasteiger partial charge on any atom is 0.233 e. The van der Waals surface area contributed by atoms with Crippen LogP contribution in [0, 0.1) is 0 Å². The van der Waals surface area contributed by atoms with Crippen LogP contribution in [0.3, 0.4) is 0 Å². The summed E-state index contributed by atoms with van der Waals surface area (Å²) in [6.07, 6.45) is 2.74. The van der Waals surface area contributed by atoms with Gasteiger partial charge in [0.2, 0.25) is 5.43 Å². The number of carbonyl (C=O) groups is 1. The van der Waals surface area contributed by atoms with Crippen molar-refractivity contribution in [3.8, 4) is 5.75 Å². The first-order valence-corrected chi connectivity index (χ1v) is 2.61. The van der Waals surface area contributed by atoms with Gasteiger partial charge in [-0.25, -0.2) is 0 Å². The molecule has 0 aliphatic rings. The molecule has 1 aromatic rings. The third-order valence-electron chi connectivity index (χ3n) is 1.08. The molecule has 0 fully saturated rings. The van der Waals surface area contributed by atoms with Gasteiger partial charge in [-0.1, -0.05) is 0 Å². The van der Waals surface area contributed by atoms with Gasteiger partial charge >= 0.3 is 0 Å². The minimum atomic E-state index is -0.645. The van der Waals surface area contributed by atoms with Gasteiger partial charge < -0.3 is 10.1 Å². The van der Waals surface area contributed by atoms with Crippen LogP contribution in [0.4, 0.5) is 0 Å². The first-order chi connectivity index (χ1) is 4.75. The van der Waals surface area contributed by atoms with E-state index in [9.17, 15) is 9.59 Å². The largest absolute Gasteiger partial charge is 0.503 e. The van der Waals surface area contributed by atoms with Crippen LogP contribution in [-0.4, -0.2) is 16.4 Å². The molecule has 10 heavy (non-hydrogen) atoms. The molecule has 0 amide bonds. The molecule has 52 valence electrons. The number of aromatic amines is 1. The van der Waals surface area contributed by atoms with E-state index in [1.165, 1.54) is 6.20 Å². The third kappa shape index (κ3) is 0.907. The number of H-pyrrole nitrogens is 1. The van der Waals surface area contributed by atoms with Crippen molar-refractivity contribution in [1.29, 1.82) is 0 Å². The van der Waals surface area contributed by atoms with Crippen LogP contribution in [0.15, 0.2) is 17.2 Å². The smallest absolute Gasteiger partial charge is 0.233 e. The highest BCUT2D eigenvalue weighted by Crippen LogP contribution is 1.95. The number of aldehydes is 1. The Hall–Kier alpha value is -1.58. The lowest BCUT2D eigenvalue weighted by atomic mass is 10.3. The van der Waals surface area contributed by atoms with Crippen molar-refractivity contribution in [2.75, 3.05) is 0 Å². The van der Waals surface area contributed by atoms with Crippen LogP contribution >= 0.6 is 0 Å². The molecule has 0 unspecified atom stereocenters. The fraction of sp³-hybridized carbons (Fsp3) is 0. The van der Waals surface area contributed by atoms with E-state index < -0.39 is 11.2 Å². The van der Waals surface area contributed by atoms with E-state index in [1.807, 2.05) is 0 Å². The number of hydrogen-bond donors (Lipinski definition) is 2. The normalized spacial score (nSPS) is 9.20. The molecule has 2 N–H and O–H groups in total. The van der Waals surface area contributed by atoms with Crippen molar-refractivity contribution in [2.24, 2.45) is 0 Å². The van der Waals surface area contributed by atoms with Crippen molar-refractivity contribution >= 4 is 6.29 Å². The Morgan fingerprint density at radius 2 is 2.20 bits per heavy atom. The van der Waals surface area contributed by atoms with E-state index in [4.69, 9.17) is 5.11 Å². The lowest BCUT2D eigenvalue weighted by Gasteiger charge is -1.89. The summed E-state index contributed by atoms with van der Waals surface area (Å²) >= 11 is 0. The maximum atomic E-state index is 10.7. The van der Waals surface area contributed by atoms with Gasteiger partial charge in [-0.05, 0) is 0 Å². The molecule has 0 radical (unpaired) electrons. The Morgan fingerprint density at radius 1 is 1.50 bits per heavy atom. The highest BCUT2D eigenvalue weighted by atomic mass is 16.3. The summed E-state index contributed by atoms with van der Waals surface area (Å²) in [5.41, 5.74) is -0.714. The molecule has 4 heteroatoms. The lowest BCUT2D eigenvalue weighted by Crippen LogP contribution is -2.06. The van der Waals surface area contributed by atoms with E-state index in [1.54, 1.807) is 0 Å². The summed E-state index contributed by atoms with van der Waals surface area (Å²) in [6.45, 7) is 0. The van der Waals surface area contributed by atoms with Crippen molar-refractivity contribution < 1.29 is 9.90 Å². The van der Waals surface area contributed by atoms with Gasteiger partial charge in [0.1, 0.15) is 0 Å². The summed E-state index contributed by atoms with van der Waals surface area (Å²) in [6, 6.07) is 0. The summed E-state index contributed by atoms with van der Waals surface area (Å²) < 4.78 is 0. The van der Waals surface area contributed by atoms with Crippen molar-refractivity contribution in [2.45, 2.75) is 0 Å². The van der Waals surface area contributed by atoms with Gasteiger partial charge in [0, 0.05) is 12.4 Å². The molecule has 0 aromatic carbocycles. The van der Waals surface area contributed by atoms with Gasteiger partial charge in [-0.2, -0.15) is 0 Å². The highest BCUT2D eigenvalue weighted by Gasteiger charge is 1.99. The molecule has 1 aromatic heterocycles. The molecule has 1 rings (SSSR count). The van der Waals surface area contributed by atoms with Gasteiger partial charge in [0.15, 0.2) is 12.0 Å². The van der Waals surface area contributed by atoms with Gasteiger partial charge in [-0.3, -0.25) is 9.59 Å². The Kier molecular flexibility index (Phi) is 1.53. The van der Waals surface area contributed by atoms with E-state index >= 15 is 0 Å². The molecule has 1 heterocycles. The van der Waals surface area contributed by atoms with E-state index in [0.29, 0.717) is 6.29 Å². The fourth-order valence-electron chi connectivity index (χ4n) is 0.577. The number of hydrogen-bond acceptors (Lipinski definition) is 3. The monoisotopic (exact) mass is 139 g/mol. The van der Waals surface area contributed by atoms with Crippen LogP contribution in [-0.2, 0) is 0 Å². The average molecular weight is 139 g/mol. The number of aromatic hydroxyl groups is 1. The number of rotatable bonds is 1. The Labute approximate surface area is 56.1 Å². The predicted molar refractivity (Wildman–Crippen MR) is 34.1 cm³/mol. The Balaban J connectivity index is 3.42. The molecule has 0 saturated heterocycles. The molecule has 4 nitrogen and oxygen atoms in total. The molecule has 0 atom stereocenters. The average Bonchev–Trinajstić information content (AvgIpc) is 1.95. The minimum Gasteiger partial charge on any atom is -0.503 e. The fourth-order valence-corrected chi connectivity index (χ4v) is 0.577. The molecule has 0 bridgehead atoms. The summed E-state index contributed by atoms with van der Waals surface area (Å²) in [5, 5.41) is 8.73. The molecule has 0 aliphatic heterocycles.